The molecule has 17 heavy (non-hydrogen) atoms. The normalized spacial score (nSPS) is 10.2. The van der Waals surface area contributed by atoms with E-state index in [0.717, 1.165) is 10.0 Å². The van der Waals surface area contributed by atoms with Crippen molar-refractivity contribution in [1.29, 1.82) is 0 Å². The number of nitrogen functional groups attached to an aromatic ring is 1. The van der Waals surface area contributed by atoms with Crippen LogP contribution in [0.4, 0.5) is 10.1 Å². The maximum atomic E-state index is 12.7. The highest BCUT2D eigenvalue weighted by Crippen LogP contribution is 2.21. The highest BCUT2D eigenvalue weighted by molar-refractivity contribution is 9.10. The van der Waals surface area contributed by atoms with Crippen molar-refractivity contribution in [3.63, 3.8) is 0 Å². The third kappa shape index (κ3) is 3.20. The molecule has 0 radical (unpaired) electrons. The Bertz CT molecular complexity index is 513. The van der Waals surface area contributed by atoms with E-state index < -0.39 is 0 Å². The van der Waals surface area contributed by atoms with Crippen LogP contribution in [-0.4, -0.2) is 0 Å². The average Bonchev–Trinajstić information content (AvgIpc) is 2.33. The van der Waals surface area contributed by atoms with Gasteiger partial charge < -0.3 is 10.5 Å². The maximum absolute atomic E-state index is 12.7. The van der Waals surface area contributed by atoms with Gasteiger partial charge in [-0.2, -0.15) is 0 Å². The summed E-state index contributed by atoms with van der Waals surface area (Å²) in [5.74, 6) is 0.368. The van der Waals surface area contributed by atoms with Gasteiger partial charge in [0.05, 0.1) is 0 Å². The van der Waals surface area contributed by atoms with E-state index in [1.54, 1.807) is 12.1 Å². The second kappa shape index (κ2) is 5.19. The molecule has 0 spiro atoms. The summed E-state index contributed by atoms with van der Waals surface area (Å²) in [5.41, 5.74) is 7.37. The molecular formula is C13H11BrFNO. The molecule has 0 amide bonds. The van der Waals surface area contributed by atoms with Crippen LogP contribution in [0.5, 0.6) is 5.75 Å². The summed E-state index contributed by atoms with van der Waals surface area (Å²) >= 11 is 3.35. The molecule has 0 bridgehead atoms. The molecule has 0 aliphatic rings. The fourth-order valence-corrected chi connectivity index (χ4v) is 1.78. The zero-order chi connectivity index (χ0) is 12.3. The van der Waals surface area contributed by atoms with E-state index in [1.165, 1.54) is 12.1 Å². The van der Waals surface area contributed by atoms with Crippen molar-refractivity contribution in [1.82, 2.24) is 0 Å². The highest BCUT2D eigenvalue weighted by Gasteiger charge is 2.00. The lowest BCUT2D eigenvalue weighted by Crippen LogP contribution is -1.96. The molecule has 0 fully saturated rings. The molecule has 0 aromatic heterocycles. The summed E-state index contributed by atoms with van der Waals surface area (Å²) < 4.78 is 19.0. The monoisotopic (exact) mass is 295 g/mol. The van der Waals surface area contributed by atoms with Crippen molar-refractivity contribution in [2.24, 2.45) is 0 Å². The van der Waals surface area contributed by atoms with Crippen LogP contribution in [-0.2, 0) is 6.61 Å². The van der Waals surface area contributed by atoms with Crippen LogP contribution in [0, 0.1) is 5.82 Å². The van der Waals surface area contributed by atoms with Crippen LogP contribution in [0.15, 0.2) is 46.9 Å². The van der Waals surface area contributed by atoms with Gasteiger partial charge in [0.15, 0.2) is 0 Å². The number of benzene rings is 2. The van der Waals surface area contributed by atoms with Crippen molar-refractivity contribution < 1.29 is 9.13 Å². The van der Waals surface area contributed by atoms with Crippen LogP contribution in [0.3, 0.4) is 0 Å². The van der Waals surface area contributed by atoms with Crippen molar-refractivity contribution in [3.8, 4) is 5.75 Å². The molecule has 2 rings (SSSR count). The Morgan fingerprint density at radius 1 is 1.12 bits per heavy atom. The van der Waals surface area contributed by atoms with Crippen molar-refractivity contribution in [2.75, 3.05) is 5.73 Å². The van der Waals surface area contributed by atoms with Crippen LogP contribution in [0.1, 0.15) is 5.56 Å². The molecule has 0 aliphatic heterocycles. The molecule has 2 nitrogen and oxygen atoms in total. The molecule has 0 saturated heterocycles. The molecular weight excluding hydrogens is 285 g/mol. The van der Waals surface area contributed by atoms with E-state index >= 15 is 0 Å². The number of hydrogen-bond donors (Lipinski definition) is 1. The third-order valence-corrected chi connectivity index (χ3v) is 2.97. The van der Waals surface area contributed by atoms with Gasteiger partial charge >= 0.3 is 0 Å². The molecule has 4 heteroatoms. The van der Waals surface area contributed by atoms with E-state index in [4.69, 9.17) is 10.5 Å². The molecule has 0 atom stereocenters. The van der Waals surface area contributed by atoms with E-state index in [0.29, 0.717) is 18.0 Å². The lowest BCUT2D eigenvalue weighted by Gasteiger charge is -2.07. The van der Waals surface area contributed by atoms with Gasteiger partial charge in [0.25, 0.3) is 0 Å². The summed E-state index contributed by atoms with van der Waals surface area (Å²) in [6.45, 7) is 0.421. The van der Waals surface area contributed by atoms with Gasteiger partial charge in [-0.25, -0.2) is 4.39 Å². The van der Waals surface area contributed by atoms with Gasteiger partial charge in [-0.1, -0.05) is 6.07 Å². The first-order valence-corrected chi connectivity index (χ1v) is 5.87. The summed E-state index contributed by atoms with van der Waals surface area (Å²) in [4.78, 5) is 0. The summed E-state index contributed by atoms with van der Waals surface area (Å²) in [5, 5.41) is 0. The van der Waals surface area contributed by atoms with E-state index in [9.17, 15) is 4.39 Å². The first-order valence-electron chi connectivity index (χ1n) is 5.07. The standard InChI is InChI=1S/C13H11BrFNO/c14-12-7-9(1-6-13(12)16)8-17-11-4-2-10(15)3-5-11/h1-7H,8,16H2. The molecule has 0 unspecified atom stereocenters. The minimum absolute atomic E-state index is 0.271. The fraction of sp³-hybridized carbons (Fsp3) is 0.0769. The van der Waals surface area contributed by atoms with Crippen molar-refractivity contribution in [3.05, 3.63) is 58.3 Å². The zero-order valence-corrected chi connectivity index (χ0v) is 10.6. The summed E-state index contributed by atoms with van der Waals surface area (Å²) in [6.07, 6.45) is 0. The Morgan fingerprint density at radius 3 is 2.47 bits per heavy atom. The molecule has 88 valence electrons. The predicted molar refractivity (Wildman–Crippen MR) is 69.3 cm³/mol. The molecule has 0 aliphatic carbocycles. The van der Waals surface area contributed by atoms with Gasteiger partial charge in [-0.05, 0) is 57.9 Å². The Kier molecular flexibility index (Phi) is 3.64. The quantitative estimate of drug-likeness (QED) is 0.875. The Balaban J connectivity index is 2.02. The molecule has 2 aromatic rings. The molecule has 2 aromatic carbocycles. The van der Waals surface area contributed by atoms with E-state index in [2.05, 4.69) is 15.9 Å². The number of anilines is 1. The summed E-state index contributed by atoms with van der Waals surface area (Å²) in [7, 11) is 0. The summed E-state index contributed by atoms with van der Waals surface area (Å²) in [6, 6.07) is 11.5. The number of hydrogen-bond acceptors (Lipinski definition) is 2. The van der Waals surface area contributed by atoms with Crippen LogP contribution < -0.4 is 10.5 Å². The lowest BCUT2D eigenvalue weighted by molar-refractivity contribution is 0.305. The fourth-order valence-electron chi connectivity index (χ4n) is 1.36. The van der Waals surface area contributed by atoms with Gasteiger partial charge in [0, 0.05) is 10.2 Å². The number of nitrogens with two attached hydrogens (primary N) is 1. The molecule has 0 heterocycles. The minimum atomic E-state index is -0.271. The van der Waals surface area contributed by atoms with E-state index in [-0.39, 0.29) is 5.82 Å². The van der Waals surface area contributed by atoms with Gasteiger partial charge in [0.2, 0.25) is 0 Å². The van der Waals surface area contributed by atoms with Gasteiger partial charge in [-0.3, -0.25) is 0 Å². The molecule has 0 saturated carbocycles. The van der Waals surface area contributed by atoms with Gasteiger partial charge in [0.1, 0.15) is 18.2 Å². The Morgan fingerprint density at radius 2 is 1.82 bits per heavy atom. The lowest BCUT2D eigenvalue weighted by atomic mass is 10.2. The van der Waals surface area contributed by atoms with E-state index in [1.807, 2.05) is 18.2 Å². The zero-order valence-electron chi connectivity index (χ0n) is 8.99. The Labute approximate surface area is 107 Å². The minimum Gasteiger partial charge on any atom is -0.489 e. The second-order valence-corrected chi connectivity index (χ2v) is 4.45. The molecule has 2 N–H and O–H groups in total. The largest absolute Gasteiger partial charge is 0.489 e. The number of halogens is 2. The SMILES string of the molecule is Nc1ccc(COc2ccc(F)cc2)cc1Br. The maximum Gasteiger partial charge on any atom is 0.123 e. The second-order valence-electron chi connectivity index (χ2n) is 3.60. The Hall–Kier alpha value is -1.55. The topological polar surface area (TPSA) is 35.2 Å². The third-order valence-electron chi connectivity index (χ3n) is 2.28. The van der Waals surface area contributed by atoms with Crippen molar-refractivity contribution >= 4 is 21.6 Å². The van der Waals surface area contributed by atoms with Crippen molar-refractivity contribution in [2.45, 2.75) is 6.61 Å². The average molecular weight is 296 g/mol. The van der Waals surface area contributed by atoms with Gasteiger partial charge in [-0.15, -0.1) is 0 Å². The van der Waals surface area contributed by atoms with Crippen LogP contribution in [0.2, 0.25) is 0 Å². The number of rotatable bonds is 3. The smallest absolute Gasteiger partial charge is 0.123 e. The first kappa shape index (κ1) is 11.9. The predicted octanol–water partition coefficient (Wildman–Crippen LogP) is 3.75. The van der Waals surface area contributed by atoms with Crippen LogP contribution in [0.25, 0.3) is 0 Å². The first-order chi connectivity index (χ1) is 8.15. The highest BCUT2D eigenvalue weighted by atomic mass is 79.9. The number of ether oxygens (including phenoxy) is 1. The van der Waals surface area contributed by atoms with Crippen LogP contribution >= 0.6 is 15.9 Å².